The molecule has 0 aliphatic carbocycles. The Balaban J connectivity index is 3.01. The Morgan fingerprint density at radius 2 is 2.36 bits per heavy atom. The standard InChI is InChI=1S/C10H14N2O2/c1-12-5-10(14)9-3-2-8(11)4-7(9)6-13/h2-4,6,10,12,14H,5,11H2,1H3. The van der Waals surface area contributed by atoms with Gasteiger partial charge in [-0.3, -0.25) is 4.79 Å². The molecule has 0 amide bonds. The van der Waals surface area contributed by atoms with Gasteiger partial charge in [-0.15, -0.1) is 0 Å². The molecule has 0 radical (unpaired) electrons. The topological polar surface area (TPSA) is 75.3 Å². The molecule has 1 rings (SSSR count). The van der Waals surface area contributed by atoms with Gasteiger partial charge in [-0.2, -0.15) is 0 Å². The van der Waals surface area contributed by atoms with Gasteiger partial charge in [0.1, 0.15) is 0 Å². The summed E-state index contributed by atoms with van der Waals surface area (Å²) in [7, 11) is 1.74. The molecular weight excluding hydrogens is 180 g/mol. The van der Waals surface area contributed by atoms with Gasteiger partial charge in [-0.05, 0) is 24.7 Å². The lowest BCUT2D eigenvalue weighted by Gasteiger charge is -2.12. The number of nitrogen functional groups attached to an aromatic ring is 1. The number of carbonyl (C=O) groups excluding carboxylic acids is 1. The molecule has 0 saturated heterocycles. The number of aldehydes is 1. The number of nitrogens with one attached hydrogen (secondary N) is 1. The molecule has 4 nitrogen and oxygen atoms in total. The zero-order valence-electron chi connectivity index (χ0n) is 8.03. The van der Waals surface area contributed by atoms with Crippen LogP contribution in [0.15, 0.2) is 18.2 Å². The van der Waals surface area contributed by atoms with E-state index >= 15 is 0 Å². The third kappa shape index (κ3) is 2.31. The van der Waals surface area contributed by atoms with Gasteiger partial charge in [0.2, 0.25) is 0 Å². The minimum atomic E-state index is -0.680. The first kappa shape index (κ1) is 10.7. The van der Waals surface area contributed by atoms with Gasteiger partial charge in [0.05, 0.1) is 6.10 Å². The predicted octanol–water partition coefficient (Wildman–Crippen LogP) is 0.334. The Hall–Kier alpha value is -1.39. The number of anilines is 1. The first-order valence-corrected chi connectivity index (χ1v) is 4.36. The van der Waals surface area contributed by atoms with Gasteiger partial charge in [-0.1, -0.05) is 6.07 Å². The van der Waals surface area contributed by atoms with E-state index in [-0.39, 0.29) is 0 Å². The maximum absolute atomic E-state index is 10.7. The van der Waals surface area contributed by atoms with Crippen molar-refractivity contribution in [3.63, 3.8) is 0 Å². The minimum absolute atomic E-state index is 0.407. The fourth-order valence-corrected chi connectivity index (χ4v) is 1.30. The molecule has 0 bridgehead atoms. The minimum Gasteiger partial charge on any atom is -0.399 e. The van der Waals surface area contributed by atoms with E-state index in [0.29, 0.717) is 29.6 Å². The van der Waals surface area contributed by atoms with E-state index in [1.807, 2.05) is 0 Å². The van der Waals surface area contributed by atoms with Gasteiger partial charge in [0.25, 0.3) is 0 Å². The summed E-state index contributed by atoms with van der Waals surface area (Å²) in [6.07, 6.45) is 0.0192. The molecule has 0 heterocycles. The fourth-order valence-electron chi connectivity index (χ4n) is 1.30. The van der Waals surface area contributed by atoms with Crippen LogP contribution in [0.3, 0.4) is 0 Å². The van der Waals surface area contributed by atoms with Crippen LogP contribution in [0.5, 0.6) is 0 Å². The van der Waals surface area contributed by atoms with Crippen molar-refractivity contribution in [2.24, 2.45) is 0 Å². The van der Waals surface area contributed by atoms with E-state index in [1.54, 1.807) is 25.2 Å². The predicted molar refractivity (Wildman–Crippen MR) is 55.1 cm³/mol. The van der Waals surface area contributed by atoms with Crippen LogP contribution < -0.4 is 11.1 Å². The van der Waals surface area contributed by atoms with E-state index in [4.69, 9.17) is 5.73 Å². The molecular formula is C10H14N2O2. The number of hydrogen-bond acceptors (Lipinski definition) is 4. The first-order valence-electron chi connectivity index (χ1n) is 4.36. The van der Waals surface area contributed by atoms with Crippen molar-refractivity contribution >= 4 is 12.0 Å². The van der Waals surface area contributed by atoms with E-state index in [2.05, 4.69) is 5.32 Å². The second kappa shape index (κ2) is 4.74. The normalized spacial score (nSPS) is 12.4. The summed E-state index contributed by atoms with van der Waals surface area (Å²) >= 11 is 0. The molecule has 0 aliphatic rings. The zero-order valence-corrected chi connectivity index (χ0v) is 8.03. The third-order valence-electron chi connectivity index (χ3n) is 1.99. The number of nitrogens with two attached hydrogens (primary N) is 1. The van der Waals surface area contributed by atoms with Gasteiger partial charge < -0.3 is 16.2 Å². The van der Waals surface area contributed by atoms with Gasteiger partial charge in [0, 0.05) is 17.8 Å². The van der Waals surface area contributed by atoms with Crippen LogP contribution in [0.2, 0.25) is 0 Å². The van der Waals surface area contributed by atoms with Crippen molar-refractivity contribution in [2.45, 2.75) is 6.10 Å². The molecule has 1 unspecified atom stereocenters. The Labute approximate surface area is 82.7 Å². The van der Waals surface area contributed by atoms with Crippen molar-refractivity contribution in [3.8, 4) is 0 Å². The van der Waals surface area contributed by atoms with E-state index < -0.39 is 6.10 Å². The quantitative estimate of drug-likeness (QED) is 0.477. The lowest BCUT2D eigenvalue weighted by atomic mass is 10.0. The summed E-state index contributed by atoms with van der Waals surface area (Å²) in [6.45, 7) is 0.407. The van der Waals surface area contributed by atoms with Crippen molar-refractivity contribution in [1.29, 1.82) is 0 Å². The number of benzene rings is 1. The number of likely N-dealkylation sites (N-methyl/N-ethyl adjacent to an activating group) is 1. The summed E-state index contributed by atoms with van der Waals surface area (Å²) < 4.78 is 0. The Morgan fingerprint density at radius 3 is 2.93 bits per heavy atom. The maximum Gasteiger partial charge on any atom is 0.150 e. The van der Waals surface area contributed by atoms with Crippen LogP contribution >= 0.6 is 0 Å². The molecule has 1 atom stereocenters. The van der Waals surface area contributed by atoms with Crippen LogP contribution in [0.1, 0.15) is 22.0 Å². The van der Waals surface area contributed by atoms with Crippen LogP contribution in [0, 0.1) is 0 Å². The van der Waals surface area contributed by atoms with Crippen molar-refractivity contribution in [1.82, 2.24) is 5.32 Å². The van der Waals surface area contributed by atoms with Crippen molar-refractivity contribution < 1.29 is 9.90 Å². The lowest BCUT2D eigenvalue weighted by Crippen LogP contribution is -2.17. The van der Waals surface area contributed by atoms with E-state index in [1.165, 1.54) is 0 Å². The van der Waals surface area contributed by atoms with Crippen molar-refractivity contribution in [2.75, 3.05) is 19.3 Å². The SMILES string of the molecule is CNCC(O)c1ccc(N)cc1C=O. The van der Waals surface area contributed by atoms with Gasteiger partial charge in [-0.25, -0.2) is 0 Å². The summed E-state index contributed by atoms with van der Waals surface area (Å²) in [5.74, 6) is 0. The Morgan fingerprint density at radius 1 is 1.64 bits per heavy atom. The van der Waals surface area contributed by atoms with Gasteiger partial charge in [0.15, 0.2) is 6.29 Å². The molecule has 14 heavy (non-hydrogen) atoms. The molecule has 0 spiro atoms. The average Bonchev–Trinajstić information content (AvgIpc) is 2.17. The second-order valence-corrected chi connectivity index (χ2v) is 3.08. The molecule has 0 aromatic heterocycles. The molecule has 4 N–H and O–H groups in total. The molecule has 0 aliphatic heterocycles. The van der Waals surface area contributed by atoms with Crippen LogP contribution in [-0.2, 0) is 0 Å². The third-order valence-corrected chi connectivity index (χ3v) is 1.99. The van der Waals surface area contributed by atoms with Crippen LogP contribution in [0.4, 0.5) is 5.69 Å². The van der Waals surface area contributed by atoms with E-state index in [9.17, 15) is 9.90 Å². The van der Waals surface area contributed by atoms with Crippen molar-refractivity contribution in [3.05, 3.63) is 29.3 Å². The number of carbonyl (C=O) groups is 1. The number of aliphatic hydroxyl groups excluding tert-OH is 1. The molecule has 1 aromatic carbocycles. The second-order valence-electron chi connectivity index (χ2n) is 3.08. The Bertz CT molecular complexity index is 326. The summed E-state index contributed by atoms with van der Waals surface area (Å²) in [6, 6.07) is 4.89. The smallest absolute Gasteiger partial charge is 0.150 e. The summed E-state index contributed by atoms with van der Waals surface area (Å²) in [5, 5.41) is 12.5. The Kier molecular flexibility index (Phi) is 3.62. The number of aliphatic hydroxyl groups is 1. The molecule has 4 heteroatoms. The number of hydrogen-bond donors (Lipinski definition) is 3. The molecule has 76 valence electrons. The maximum atomic E-state index is 10.7. The highest BCUT2D eigenvalue weighted by molar-refractivity contribution is 5.79. The lowest BCUT2D eigenvalue weighted by molar-refractivity contribution is 0.111. The van der Waals surface area contributed by atoms with Crippen LogP contribution in [-0.4, -0.2) is 25.0 Å². The molecule has 1 aromatic rings. The average molecular weight is 194 g/mol. The summed E-state index contributed by atoms with van der Waals surface area (Å²) in [5.41, 5.74) is 7.08. The van der Waals surface area contributed by atoms with Crippen LogP contribution in [0.25, 0.3) is 0 Å². The summed E-state index contributed by atoms with van der Waals surface area (Å²) in [4.78, 5) is 10.7. The van der Waals surface area contributed by atoms with Gasteiger partial charge >= 0.3 is 0 Å². The fraction of sp³-hybridized carbons (Fsp3) is 0.300. The molecule has 0 saturated carbocycles. The zero-order chi connectivity index (χ0) is 10.6. The molecule has 0 fully saturated rings. The highest BCUT2D eigenvalue weighted by atomic mass is 16.3. The first-order chi connectivity index (χ1) is 6.69. The largest absolute Gasteiger partial charge is 0.399 e. The monoisotopic (exact) mass is 194 g/mol. The highest BCUT2D eigenvalue weighted by Gasteiger charge is 2.10. The van der Waals surface area contributed by atoms with E-state index in [0.717, 1.165) is 0 Å². The highest BCUT2D eigenvalue weighted by Crippen LogP contribution is 2.18. The number of rotatable bonds is 4.